The molecule has 0 amide bonds. The van der Waals surface area contributed by atoms with Crippen LogP contribution < -0.4 is 5.73 Å². The Kier molecular flexibility index (Phi) is 4.46. The zero-order valence-corrected chi connectivity index (χ0v) is 10.4. The van der Waals surface area contributed by atoms with Gasteiger partial charge in [-0.2, -0.15) is 0 Å². The number of hydrogen-bond donors (Lipinski definition) is 1. The van der Waals surface area contributed by atoms with Crippen LogP contribution in [0.5, 0.6) is 0 Å². The van der Waals surface area contributed by atoms with E-state index in [2.05, 4.69) is 4.74 Å². The second-order valence-corrected chi connectivity index (χ2v) is 5.81. The largest absolute Gasteiger partial charge is 0.522 e. The molecule has 0 atom stereocenters. The summed E-state index contributed by atoms with van der Waals surface area (Å²) in [6.07, 6.45) is -4.85. The smallest absolute Gasteiger partial charge is 0.398 e. The molecule has 4 nitrogen and oxygen atoms in total. The van der Waals surface area contributed by atoms with Crippen LogP contribution in [0.3, 0.4) is 0 Å². The predicted molar refractivity (Wildman–Crippen MR) is 59.9 cm³/mol. The van der Waals surface area contributed by atoms with Gasteiger partial charge in [0.15, 0.2) is 9.84 Å². The van der Waals surface area contributed by atoms with Crippen LogP contribution in [-0.2, 0) is 14.6 Å². The van der Waals surface area contributed by atoms with Crippen molar-refractivity contribution < 1.29 is 26.3 Å². The third-order valence-corrected chi connectivity index (χ3v) is 3.95. The maximum atomic E-state index is 11.7. The van der Waals surface area contributed by atoms with Crippen LogP contribution in [0.1, 0.15) is 0 Å². The Morgan fingerprint density at radius 2 is 1.94 bits per heavy atom. The van der Waals surface area contributed by atoms with Gasteiger partial charge in [0, 0.05) is 0 Å². The molecule has 0 radical (unpaired) electrons. The molecule has 0 aliphatic heterocycles. The maximum Gasteiger partial charge on any atom is 0.522 e. The van der Waals surface area contributed by atoms with Crippen LogP contribution in [-0.4, -0.2) is 27.1 Å². The van der Waals surface area contributed by atoms with Crippen molar-refractivity contribution in [2.24, 2.45) is 0 Å². The molecule has 0 saturated heterocycles. The van der Waals surface area contributed by atoms with E-state index in [4.69, 9.17) is 17.3 Å². The summed E-state index contributed by atoms with van der Waals surface area (Å²) < 4.78 is 61.8. The number of ether oxygens (including phenoxy) is 1. The number of nitrogens with two attached hydrogens (primary N) is 1. The van der Waals surface area contributed by atoms with E-state index in [1.807, 2.05) is 0 Å². The molecule has 0 aromatic heterocycles. The SMILES string of the molecule is Nc1ccc(S(=O)(=O)CCOC(F)(F)F)cc1Cl. The van der Waals surface area contributed by atoms with Crippen molar-refractivity contribution in [3.05, 3.63) is 23.2 Å². The Balaban J connectivity index is 2.77. The number of benzene rings is 1. The summed E-state index contributed by atoms with van der Waals surface area (Å²) in [4.78, 5) is -0.201. The molecule has 0 spiro atoms. The Labute approximate surface area is 106 Å². The lowest BCUT2D eigenvalue weighted by molar-refractivity contribution is -0.322. The van der Waals surface area contributed by atoms with E-state index in [-0.39, 0.29) is 15.6 Å². The van der Waals surface area contributed by atoms with Gasteiger partial charge in [-0.25, -0.2) is 8.42 Å². The molecule has 1 rings (SSSR count). The highest BCUT2D eigenvalue weighted by Gasteiger charge is 2.30. The summed E-state index contributed by atoms with van der Waals surface area (Å²) in [7, 11) is -3.89. The number of alkyl halides is 3. The Hall–Kier alpha value is -0.990. The lowest BCUT2D eigenvalue weighted by Crippen LogP contribution is -2.20. The van der Waals surface area contributed by atoms with Gasteiger partial charge in [-0.05, 0) is 18.2 Å². The van der Waals surface area contributed by atoms with Gasteiger partial charge in [0.25, 0.3) is 0 Å². The van der Waals surface area contributed by atoms with E-state index in [9.17, 15) is 21.6 Å². The van der Waals surface area contributed by atoms with E-state index in [0.29, 0.717) is 0 Å². The van der Waals surface area contributed by atoms with Crippen LogP contribution in [0.15, 0.2) is 23.1 Å². The molecule has 9 heteroatoms. The summed E-state index contributed by atoms with van der Waals surface area (Å²) in [5.41, 5.74) is 5.57. The normalized spacial score (nSPS) is 12.7. The molecule has 0 bridgehead atoms. The van der Waals surface area contributed by atoms with Gasteiger partial charge >= 0.3 is 6.36 Å². The first-order valence-electron chi connectivity index (χ1n) is 4.60. The van der Waals surface area contributed by atoms with Crippen molar-refractivity contribution in [2.45, 2.75) is 11.3 Å². The third-order valence-electron chi connectivity index (χ3n) is 1.95. The van der Waals surface area contributed by atoms with Crippen LogP contribution in [0.25, 0.3) is 0 Å². The first-order chi connectivity index (χ1) is 8.12. The monoisotopic (exact) mass is 303 g/mol. The average Bonchev–Trinajstić information content (AvgIpc) is 2.19. The van der Waals surface area contributed by atoms with Gasteiger partial charge in [0.05, 0.1) is 28.0 Å². The van der Waals surface area contributed by atoms with Crippen molar-refractivity contribution in [1.29, 1.82) is 0 Å². The van der Waals surface area contributed by atoms with Gasteiger partial charge < -0.3 is 5.73 Å². The minimum Gasteiger partial charge on any atom is -0.398 e. The number of anilines is 1. The van der Waals surface area contributed by atoms with Crippen molar-refractivity contribution in [3.8, 4) is 0 Å². The number of nitrogen functional groups attached to an aromatic ring is 1. The second-order valence-electron chi connectivity index (χ2n) is 3.30. The van der Waals surface area contributed by atoms with E-state index in [1.54, 1.807) is 0 Å². The van der Waals surface area contributed by atoms with Gasteiger partial charge in [-0.15, -0.1) is 13.2 Å². The lowest BCUT2D eigenvalue weighted by Gasteiger charge is -2.08. The van der Waals surface area contributed by atoms with Crippen LogP contribution in [0.2, 0.25) is 5.02 Å². The highest BCUT2D eigenvalue weighted by atomic mass is 35.5. The van der Waals surface area contributed by atoms with Crippen LogP contribution >= 0.6 is 11.6 Å². The first kappa shape index (κ1) is 15.1. The maximum absolute atomic E-state index is 11.7. The molecule has 0 fully saturated rings. The summed E-state index contributed by atoms with van der Waals surface area (Å²) in [5.74, 6) is -0.799. The van der Waals surface area contributed by atoms with Crippen molar-refractivity contribution in [1.82, 2.24) is 0 Å². The molecular formula is C9H9ClF3NO3S. The standard InChI is InChI=1S/C9H9ClF3NO3S/c10-7-5-6(1-2-8(7)14)18(15,16)4-3-17-9(11,12)13/h1-2,5H,3-4,14H2. The average molecular weight is 304 g/mol. The third kappa shape index (κ3) is 4.35. The highest BCUT2D eigenvalue weighted by molar-refractivity contribution is 7.91. The molecule has 0 aliphatic rings. The summed E-state index contributed by atoms with van der Waals surface area (Å²) in [6, 6.07) is 3.52. The number of rotatable bonds is 4. The molecule has 1 aromatic carbocycles. The minimum atomic E-state index is -4.85. The zero-order valence-electron chi connectivity index (χ0n) is 8.87. The molecule has 1 aromatic rings. The van der Waals surface area contributed by atoms with Crippen molar-refractivity contribution in [2.75, 3.05) is 18.1 Å². The van der Waals surface area contributed by atoms with Gasteiger partial charge in [0.2, 0.25) is 0 Å². The predicted octanol–water partition coefficient (Wildman–Crippen LogP) is 2.23. The Bertz CT molecular complexity index is 530. The summed E-state index contributed by atoms with van der Waals surface area (Å²) >= 11 is 5.63. The number of hydrogen-bond acceptors (Lipinski definition) is 4. The first-order valence-corrected chi connectivity index (χ1v) is 6.63. The lowest BCUT2D eigenvalue weighted by atomic mass is 10.3. The highest BCUT2D eigenvalue weighted by Crippen LogP contribution is 2.23. The fourth-order valence-corrected chi connectivity index (χ4v) is 2.44. The summed E-state index contributed by atoms with van der Waals surface area (Å²) in [6.45, 7) is -0.978. The van der Waals surface area contributed by atoms with Crippen LogP contribution in [0.4, 0.5) is 18.9 Å². The van der Waals surface area contributed by atoms with E-state index < -0.39 is 28.6 Å². The molecule has 0 heterocycles. The van der Waals surface area contributed by atoms with E-state index in [1.165, 1.54) is 12.1 Å². The van der Waals surface area contributed by atoms with Crippen LogP contribution in [0, 0.1) is 0 Å². The minimum absolute atomic E-state index is 0.0211. The zero-order chi connectivity index (χ0) is 14.0. The quantitative estimate of drug-likeness (QED) is 0.866. The van der Waals surface area contributed by atoms with E-state index >= 15 is 0 Å². The van der Waals surface area contributed by atoms with Crippen molar-refractivity contribution in [3.63, 3.8) is 0 Å². The number of halogens is 4. The summed E-state index contributed by atoms with van der Waals surface area (Å²) in [5, 5.41) is 0.0211. The molecule has 0 aliphatic carbocycles. The molecule has 102 valence electrons. The van der Waals surface area contributed by atoms with Gasteiger partial charge in [-0.3, -0.25) is 4.74 Å². The van der Waals surface area contributed by atoms with Gasteiger partial charge in [0.1, 0.15) is 0 Å². The molecule has 0 unspecified atom stereocenters. The van der Waals surface area contributed by atoms with Crippen molar-refractivity contribution >= 4 is 27.1 Å². The Morgan fingerprint density at radius 1 is 1.33 bits per heavy atom. The van der Waals surface area contributed by atoms with E-state index in [0.717, 1.165) is 6.07 Å². The fourth-order valence-electron chi connectivity index (χ4n) is 1.09. The number of sulfone groups is 1. The topological polar surface area (TPSA) is 69.4 Å². The molecule has 0 saturated carbocycles. The Morgan fingerprint density at radius 3 is 2.44 bits per heavy atom. The van der Waals surface area contributed by atoms with Gasteiger partial charge in [-0.1, -0.05) is 11.6 Å². The molecule has 2 N–H and O–H groups in total. The molecular weight excluding hydrogens is 295 g/mol. The second kappa shape index (κ2) is 5.33. The fraction of sp³-hybridized carbons (Fsp3) is 0.333. The molecule has 18 heavy (non-hydrogen) atoms.